The fourth-order valence-corrected chi connectivity index (χ4v) is 2.52. The van der Waals surface area contributed by atoms with Crippen LogP contribution >= 0.6 is 0 Å². The zero-order valence-corrected chi connectivity index (χ0v) is 12.7. The third kappa shape index (κ3) is 3.33. The van der Waals surface area contributed by atoms with Crippen LogP contribution in [0, 0.1) is 0 Å². The van der Waals surface area contributed by atoms with Gasteiger partial charge in [-0.2, -0.15) is 0 Å². The number of nitrogens with one attached hydrogen (secondary N) is 1. The number of ether oxygens (including phenoxy) is 1. The van der Waals surface area contributed by atoms with Crippen molar-refractivity contribution in [2.75, 3.05) is 0 Å². The van der Waals surface area contributed by atoms with Crippen LogP contribution in [0.3, 0.4) is 0 Å². The quantitative estimate of drug-likeness (QED) is 0.876. The molecule has 1 amide bonds. The molecule has 1 aromatic heterocycles. The number of rotatable bonds is 6. The molecule has 0 spiro atoms. The van der Waals surface area contributed by atoms with Crippen LogP contribution in [-0.2, 0) is 35.6 Å². The summed E-state index contributed by atoms with van der Waals surface area (Å²) in [5.74, 6) is 1.69. The minimum absolute atomic E-state index is 0.133. The fraction of sp³-hybridized carbons (Fsp3) is 0.438. The van der Waals surface area contributed by atoms with Crippen molar-refractivity contribution in [1.29, 1.82) is 0 Å². The van der Waals surface area contributed by atoms with E-state index in [-0.39, 0.29) is 5.91 Å². The van der Waals surface area contributed by atoms with Crippen molar-refractivity contribution in [3.63, 3.8) is 0 Å². The van der Waals surface area contributed by atoms with Crippen molar-refractivity contribution in [2.24, 2.45) is 0 Å². The summed E-state index contributed by atoms with van der Waals surface area (Å²) in [6, 6.07) is 9.81. The van der Waals surface area contributed by atoms with Crippen molar-refractivity contribution < 1.29 is 9.53 Å². The van der Waals surface area contributed by atoms with Gasteiger partial charge in [-0.05, 0) is 18.9 Å². The third-order valence-electron chi connectivity index (χ3n) is 3.82. The summed E-state index contributed by atoms with van der Waals surface area (Å²) in [5, 5.41) is 11.1. The Morgan fingerprint density at radius 3 is 3.00 bits per heavy atom. The molecule has 2 aromatic rings. The van der Waals surface area contributed by atoms with Crippen LogP contribution in [0.1, 0.15) is 30.6 Å². The molecule has 22 heavy (non-hydrogen) atoms. The van der Waals surface area contributed by atoms with Gasteiger partial charge in [0.2, 0.25) is 5.91 Å². The molecule has 0 saturated carbocycles. The lowest BCUT2D eigenvalue weighted by Crippen LogP contribution is -2.34. The molecule has 1 unspecified atom stereocenters. The van der Waals surface area contributed by atoms with Crippen molar-refractivity contribution in [1.82, 2.24) is 20.1 Å². The summed E-state index contributed by atoms with van der Waals surface area (Å²) in [6.45, 7) is 3.51. The SMILES string of the molecule is CC(OCc1ccccc1)C(=O)NCc1nnc2n1CCC2. The highest BCUT2D eigenvalue weighted by atomic mass is 16.5. The first-order valence-corrected chi connectivity index (χ1v) is 7.58. The third-order valence-corrected chi connectivity index (χ3v) is 3.82. The Labute approximate surface area is 129 Å². The van der Waals surface area contributed by atoms with E-state index in [1.54, 1.807) is 6.92 Å². The zero-order chi connectivity index (χ0) is 15.4. The molecule has 116 valence electrons. The highest BCUT2D eigenvalue weighted by Gasteiger charge is 2.19. The standard InChI is InChI=1S/C16H20N4O2/c1-12(22-11-13-6-3-2-4-7-13)16(21)17-10-15-19-18-14-8-5-9-20(14)15/h2-4,6-7,12H,5,8-11H2,1H3,(H,17,21). The number of fused-ring (bicyclic) bond motifs is 1. The van der Waals surface area contributed by atoms with Gasteiger partial charge in [-0.15, -0.1) is 10.2 Å². The second-order valence-corrected chi connectivity index (χ2v) is 5.44. The second-order valence-electron chi connectivity index (χ2n) is 5.44. The number of aromatic nitrogens is 3. The van der Waals surface area contributed by atoms with Crippen LogP contribution in [0.25, 0.3) is 0 Å². The highest BCUT2D eigenvalue weighted by molar-refractivity contribution is 5.80. The number of carbonyl (C=O) groups excluding carboxylic acids is 1. The normalized spacial score (nSPS) is 14.6. The predicted octanol–water partition coefficient (Wildman–Crippen LogP) is 1.45. The van der Waals surface area contributed by atoms with E-state index >= 15 is 0 Å². The minimum atomic E-state index is -0.499. The van der Waals surface area contributed by atoms with Gasteiger partial charge in [-0.1, -0.05) is 30.3 Å². The van der Waals surface area contributed by atoms with E-state index < -0.39 is 6.10 Å². The molecule has 0 saturated heterocycles. The molecule has 1 N–H and O–H groups in total. The number of benzene rings is 1. The number of amides is 1. The predicted molar refractivity (Wildman–Crippen MR) is 80.9 cm³/mol. The molecule has 1 atom stereocenters. The van der Waals surface area contributed by atoms with Gasteiger partial charge in [-0.25, -0.2) is 0 Å². The maximum Gasteiger partial charge on any atom is 0.249 e. The lowest BCUT2D eigenvalue weighted by molar-refractivity contribution is -0.132. The van der Waals surface area contributed by atoms with Gasteiger partial charge in [-0.3, -0.25) is 4.79 Å². The van der Waals surface area contributed by atoms with Crippen molar-refractivity contribution in [3.8, 4) is 0 Å². The van der Waals surface area contributed by atoms with E-state index in [0.29, 0.717) is 13.2 Å². The van der Waals surface area contributed by atoms with E-state index in [0.717, 1.165) is 36.6 Å². The molecule has 0 aliphatic carbocycles. The van der Waals surface area contributed by atoms with Crippen molar-refractivity contribution in [2.45, 2.75) is 45.6 Å². The number of hydrogen-bond donors (Lipinski definition) is 1. The molecule has 1 aliphatic heterocycles. The van der Waals surface area contributed by atoms with Gasteiger partial charge in [0.1, 0.15) is 11.9 Å². The molecular weight excluding hydrogens is 280 g/mol. The smallest absolute Gasteiger partial charge is 0.249 e. The maximum absolute atomic E-state index is 12.1. The van der Waals surface area contributed by atoms with E-state index in [1.807, 2.05) is 30.3 Å². The van der Waals surface area contributed by atoms with Gasteiger partial charge in [0.15, 0.2) is 5.82 Å². The molecule has 1 aromatic carbocycles. The minimum Gasteiger partial charge on any atom is -0.364 e. The Hall–Kier alpha value is -2.21. The summed E-state index contributed by atoms with van der Waals surface area (Å²) >= 11 is 0. The first-order valence-electron chi connectivity index (χ1n) is 7.58. The van der Waals surface area contributed by atoms with Crippen LogP contribution in [-0.4, -0.2) is 26.8 Å². The first-order chi connectivity index (χ1) is 10.7. The molecule has 1 aliphatic rings. The van der Waals surface area contributed by atoms with Gasteiger partial charge in [0.25, 0.3) is 0 Å². The Balaban J connectivity index is 1.47. The van der Waals surface area contributed by atoms with Crippen molar-refractivity contribution in [3.05, 3.63) is 47.5 Å². The summed E-state index contributed by atoms with van der Waals surface area (Å²) in [7, 11) is 0. The van der Waals surface area contributed by atoms with Crippen LogP contribution in [0.4, 0.5) is 0 Å². The van der Waals surface area contributed by atoms with Crippen LogP contribution in [0.15, 0.2) is 30.3 Å². The molecule has 6 nitrogen and oxygen atoms in total. The van der Waals surface area contributed by atoms with Crippen LogP contribution in [0.2, 0.25) is 0 Å². The average molecular weight is 300 g/mol. The maximum atomic E-state index is 12.1. The number of hydrogen-bond acceptors (Lipinski definition) is 4. The summed E-state index contributed by atoms with van der Waals surface area (Å²) < 4.78 is 7.68. The van der Waals surface area contributed by atoms with E-state index in [1.165, 1.54) is 0 Å². The van der Waals surface area contributed by atoms with Crippen molar-refractivity contribution >= 4 is 5.91 Å². The second kappa shape index (κ2) is 6.70. The molecule has 0 bridgehead atoms. The average Bonchev–Trinajstić information content (AvgIpc) is 3.15. The van der Waals surface area contributed by atoms with E-state index in [2.05, 4.69) is 20.1 Å². The number of aryl methyl sites for hydroxylation is 1. The van der Waals surface area contributed by atoms with Crippen LogP contribution < -0.4 is 5.32 Å². The first kappa shape index (κ1) is 14.7. The van der Waals surface area contributed by atoms with Gasteiger partial charge >= 0.3 is 0 Å². The summed E-state index contributed by atoms with van der Waals surface area (Å²) in [5.41, 5.74) is 1.05. The molecular formula is C16H20N4O2. The van der Waals surface area contributed by atoms with Crippen LogP contribution in [0.5, 0.6) is 0 Å². The summed E-state index contributed by atoms with van der Waals surface area (Å²) in [4.78, 5) is 12.1. The highest BCUT2D eigenvalue weighted by Crippen LogP contribution is 2.13. The monoisotopic (exact) mass is 300 g/mol. The lowest BCUT2D eigenvalue weighted by atomic mass is 10.2. The molecule has 6 heteroatoms. The fourth-order valence-electron chi connectivity index (χ4n) is 2.52. The van der Waals surface area contributed by atoms with Gasteiger partial charge < -0.3 is 14.6 Å². The Bertz CT molecular complexity index is 639. The number of nitrogens with zero attached hydrogens (tertiary/aromatic N) is 3. The molecule has 0 radical (unpaired) electrons. The lowest BCUT2D eigenvalue weighted by Gasteiger charge is -2.13. The Morgan fingerprint density at radius 1 is 1.36 bits per heavy atom. The topological polar surface area (TPSA) is 69.0 Å². The number of carbonyl (C=O) groups is 1. The largest absolute Gasteiger partial charge is 0.364 e. The van der Waals surface area contributed by atoms with E-state index in [4.69, 9.17) is 4.74 Å². The molecule has 3 rings (SSSR count). The Kier molecular flexibility index (Phi) is 4.48. The zero-order valence-electron chi connectivity index (χ0n) is 12.7. The molecule has 0 fully saturated rings. The van der Waals surface area contributed by atoms with Gasteiger partial charge in [0, 0.05) is 13.0 Å². The van der Waals surface area contributed by atoms with E-state index in [9.17, 15) is 4.79 Å². The summed E-state index contributed by atoms with van der Waals surface area (Å²) in [6.07, 6.45) is 1.57. The Morgan fingerprint density at radius 2 is 2.18 bits per heavy atom. The van der Waals surface area contributed by atoms with Gasteiger partial charge in [0.05, 0.1) is 13.2 Å². The molecule has 2 heterocycles.